The molecule has 0 aromatic heterocycles. The van der Waals surface area contributed by atoms with Crippen molar-refractivity contribution in [2.45, 2.75) is 6.04 Å². The second-order valence-corrected chi connectivity index (χ2v) is 5.88. The van der Waals surface area contributed by atoms with Crippen LogP contribution in [0.1, 0.15) is 11.1 Å². The van der Waals surface area contributed by atoms with E-state index in [9.17, 15) is 0 Å². The lowest BCUT2D eigenvalue weighted by Crippen LogP contribution is -2.35. The van der Waals surface area contributed by atoms with Crippen LogP contribution in [0.2, 0.25) is 5.02 Å². The average Bonchev–Trinajstić information content (AvgIpc) is 2.65. The highest BCUT2D eigenvalue weighted by Gasteiger charge is 2.23. The van der Waals surface area contributed by atoms with E-state index in [2.05, 4.69) is 24.1 Å². The molecule has 0 spiro atoms. The summed E-state index contributed by atoms with van der Waals surface area (Å²) in [5.41, 5.74) is 4.26. The number of hydrogen-bond donors (Lipinski definition) is 0. The van der Waals surface area contributed by atoms with Gasteiger partial charge in [-0.2, -0.15) is 0 Å². The van der Waals surface area contributed by atoms with E-state index in [-0.39, 0.29) is 6.04 Å². The number of rotatable bonds is 2. The minimum Gasteiger partial charge on any atom is -0.368 e. The van der Waals surface area contributed by atoms with Gasteiger partial charge in [0.15, 0.2) is 0 Å². The minimum absolute atomic E-state index is 0.188. The molecule has 0 saturated carbocycles. The molecule has 0 amide bonds. The number of nitrogens with zero attached hydrogens (tertiary/aromatic N) is 2. The minimum atomic E-state index is 0.188. The third-order valence-corrected chi connectivity index (χ3v) is 4.42. The fourth-order valence-corrected chi connectivity index (χ4v) is 3.08. The topological polar surface area (TPSA) is 15.6 Å². The third kappa shape index (κ3) is 2.78. The van der Waals surface area contributed by atoms with E-state index in [1.165, 1.54) is 0 Å². The number of likely N-dealkylation sites (N-methyl/N-ethyl adjacent to an activating group) is 1. The van der Waals surface area contributed by atoms with Gasteiger partial charge in [0.05, 0.1) is 18.3 Å². The average molecular weight is 319 g/mol. The van der Waals surface area contributed by atoms with Crippen LogP contribution >= 0.6 is 23.2 Å². The molecular formula is C17H16Cl2N2. The summed E-state index contributed by atoms with van der Waals surface area (Å²) in [5.74, 6) is 0.546. The molecule has 1 aliphatic heterocycles. The fourth-order valence-electron chi connectivity index (χ4n) is 2.60. The number of anilines is 1. The van der Waals surface area contributed by atoms with E-state index in [0.717, 1.165) is 27.5 Å². The Balaban J connectivity index is 2.18. The van der Waals surface area contributed by atoms with Crippen molar-refractivity contribution in [1.29, 1.82) is 0 Å². The first kappa shape index (κ1) is 14.4. The van der Waals surface area contributed by atoms with Gasteiger partial charge in [0, 0.05) is 34.8 Å². The van der Waals surface area contributed by atoms with Crippen LogP contribution in [0.5, 0.6) is 0 Å². The zero-order chi connectivity index (χ0) is 14.8. The van der Waals surface area contributed by atoms with Crippen molar-refractivity contribution in [2.75, 3.05) is 24.4 Å². The van der Waals surface area contributed by atoms with Crippen LogP contribution in [0.15, 0.2) is 53.5 Å². The summed E-state index contributed by atoms with van der Waals surface area (Å²) in [4.78, 5) is 7.00. The molecule has 2 aromatic carbocycles. The monoisotopic (exact) mass is 318 g/mol. The van der Waals surface area contributed by atoms with E-state index in [1.807, 2.05) is 36.4 Å². The molecule has 0 fully saturated rings. The molecule has 1 atom stereocenters. The van der Waals surface area contributed by atoms with E-state index >= 15 is 0 Å². The van der Waals surface area contributed by atoms with Crippen LogP contribution in [0.3, 0.4) is 0 Å². The maximum atomic E-state index is 6.20. The highest BCUT2D eigenvalue weighted by Crippen LogP contribution is 2.30. The fraction of sp³-hybridized carbons (Fsp3) is 0.235. The Labute approximate surface area is 135 Å². The lowest BCUT2D eigenvalue weighted by molar-refractivity contribution is 0.708. The van der Waals surface area contributed by atoms with Gasteiger partial charge in [0.2, 0.25) is 0 Å². The molecular weight excluding hydrogens is 303 g/mol. The molecule has 1 aliphatic rings. The van der Waals surface area contributed by atoms with Gasteiger partial charge < -0.3 is 4.90 Å². The summed E-state index contributed by atoms with van der Waals surface area (Å²) in [7, 11) is 2.06. The first-order chi connectivity index (χ1) is 10.2. The quantitative estimate of drug-likeness (QED) is 0.756. The van der Waals surface area contributed by atoms with Crippen LogP contribution in [0.4, 0.5) is 5.69 Å². The summed E-state index contributed by atoms with van der Waals surface area (Å²) < 4.78 is 0. The Bertz CT molecular complexity index is 668. The maximum Gasteiger partial charge on any atom is 0.0741 e. The molecule has 1 heterocycles. The molecule has 3 rings (SSSR count). The largest absolute Gasteiger partial charge is 0.368 e. The standard InChI is InChI=1S/C17H16Cl2N2/c1-21-14(10-18)11-20-17(12-5-3-2-4-6-12)15-9-13(19)7-8-16(15)21/h2-9,14H,10-11H2,1H3. The van der Waals surface area contributed by atoms with Gasteiger partial charge >= 0.3 is 0 Å². The van der Waals surface area contributed by atoms with Crippen LogP contribution < -0.4 is 4.90 Å². The number of benzene rings is 2. The Morgan fingerprint density at radius 3 is 2.67 bits per heavy atom. The van der Waals surface area contributed by atoms with E-state index in [1.54, 1.807) is 0 Å². The summed E-state index contributed by atoms with van der Waals surface area (Å²) in [6.45, 7) is 0.677. The number of alkyl halides is 1. The van der Waals surface area contributed by atoms with Gasteiger partial charge in [0.25, 0.3) is 0 Å². The van der Waals surface area contributed by atoms with Crippen LogP contribution in [0.25, 0.3) is 0 Å². The molecule has 2 aromatic rings. The first-order valence-electron chi connectivity index (χ1n) is 6.89. The van der Waals surface area contributed by atoms with Crippen molar-refractivity contribution >= 4 is 34.6 Å². The number of aliphatic imine (C=N–C) groups is 1. The van der Waals surface area contributed by atoms with Crippen molar-refractivity contribution in [3.05, 3.63) is 64.7 Å². The van der Waals surface area contributed by atoms with Crippen molar-refractivity contribution in [3.8, 4) is 0 Å². The third-order valence-electron chi connectivity index (χ3n) is 3.83. The Morgan fingerprint density at radius 2 is 1.95 bits per heavy atom. The zero-order valence-electron chi connectivity index (χ0n) is 11.8. The van der Waals surface area contributed by atoms with E-state index in [0.29, 0.717) is 12.4 Å². The van der Waals surface area contributed by atoms with Crippen molar-refractivity contribution in [3.63, 3.8) is 0 Å². The second kappa shape index (κ2) is 6.08. The Kier molecular flexibility index (Phi) is 4.18. The van der Waals surface area contributed by atoms with Gasteiger partial charge in [-0.05, 0) is 18.2 Å². The number of benzodiazepines with no additional fused rings is 1. The zero-order valence-corrected chi connectivity index (χ0v) is 13.3. The van der Waals surface area contributed by atoms with Gasteiger partial charge in [-0.15, -0.1) is 11.6 Å². The second-order valence-electron chi connectivity index (χ2n) is 5.14. The van der Waals surface area contributed by atoms with Crippen molar-refractivity contribution < 1.29 is 0 Å². The highest BCUT2D eigenvalue weighted by atomic mass is 35.5. The lowest BCUT2D eigenvalue weighted by atomic mass is 10.0. The Morgan fingerprint density at radius 1 is 1.19 bits per heavy atom. The predicted molar refractivity (Wildman–Crippen MR) is 91.3 cm³/mol. The smallest absolute Gasteiger partial charge is 0.0741 e. The van der Waals surface area contributed by atoms with Gasteiger partial charge in [-0.1, -0.05) is 41.9 Å². The highest BCUT2D eigenvalue weighted by molar-refractivity contribution is 6.31. The molecule has 0 aliphatic carbocycles. The number of halogens is 2. The van der Waals surface area contributed by atoms with Crippen molar-refractivity contribution in [1.82, 2.24) is 0 Å². The molecule has 0 saturated heterocycles. The maximum absolute atomic E-state index is 6.20. The van der Waals surface area contributed by atoms with Crippen LogP contribution in [-0.4, -0.2) is 31.2 Å². The first-order valence-corrected chi connectivity index (χ1v) is 7.80. The molecule has 4 heteroatoms. The molecule has 0 N–H and O–H groups in total. The molecule has 0 radical (unpaired) electrons. The van der Waals surface area contributed by atoms with Crippen LogP contribution in [-0.2, 0) is 0 Å². The Hall–Kier alpha value is -1.51. The molecule has 2 nitrogen and oxygen atoms in total. The van der Waals surface area contributed by atoms with Gasteiger partial charge in [-0.25, -0.2) is 0 Å². The number of fused-ring (bicyclic) bond motifs is 1. The lowest BCUT2D eigenvalue weighted by Gasteiger charge is -2.27. The van der Waals surface area contributed by atoms with E-state index < -0.39 is 0 Å². The normalized spacial score (nSPS) is 18.0. The molecule has 21 heavy (non-hydrogen) atoms. The predicted octanol–water partition coefficient (Wildman–Crippen LogP) is 4.23. The van der Waals surface area contributed by atoms with Gasteiger partial charge in [-0.3, -0.25) is 4.99 Å². The summed E-state index contributed by atoms with van der Waals surface area (Å²) in [5, 5.41) is 0.718. The van der Waals surface area contributed by atoms with E-state index in [4.69, 9.17) is 28.2 Å². The molecule has 108 valence electrons. The number of hydrogen-bond acceptors (Lipinski definition) is 2. The summed E-state index contributed by atoms with van der Waals surface area (Å²) >= 11 is 12.3. The molecule has 1 unspecified atom stereocenters. The SMILES string of the molecule is CN1c2ccc(Cl)cc2C(c2ccccc2)=NCC1CCl. The van der Waals surface area contributed by atoms with Crippen molar-refractivity contribution in [2.24, 2.45) is 4.99 Å². The summed E-state index contributed by atoms with van der Waals surface area (Å²) in [6, 6.07) is 16.3. The molecule has 0 bridgehead atoms. The van der Waals surface area contributed by atoms with Crippen LogP contribution in [0, 0.1) is 0 Å². The van der Waals surface area contributed by atoms with Gasteiger partial charge in [0.1, 0.15) is 0 Å². The summed E-state index contributed by atoms with van der Waals surface area (Å²) in [6.07, 6.45) is 0.